The number of amides is 2. The fourth-order valence-corrected chi connectivity index (χ4v) is 2.39. The first-order chi connectivity index (χ1) is 11.1. The van der Waals surface area contributed by atoms with Crippen molar-refractivity contribution in [3.05, 3.63) is 66.5 Å². The molecule has 5 heteroatoms. The van der Waals surface area contributed by atoms with Gasteiger partial charge in [0.1, 0.15) is 5.69 Å². The molecule has 1 heterocycles. The van der Waals surface area contributed by atoms with Crippen LogP contribution < -0.4 is 10.6 Å². The molecule has 114 valence electrons. The van der Waals surface area contributed by atoms with E-state index >= 15 is 0 Å². The average Bonchev–Trinajstić information content (AvgIpc) is 2.57. The summed E-state index contributed by atoms with van der Waals surface area (Å²) in [5.74, 6) is -0.413. The van der Waals surface area contributed by atoms with E-state index in [0.717, 1.165) is 10.8 Å². The fraction of sp³-hybridized carbons (Fsp3) is 0.0556. The number of nitrogens with one attached hydrogen (secondary N) is 2. The number of pyridine rings is 1. The van der Waals surface area contributed by atoms with E-state index in [9.17, 15) is 9.59 Å². The Kier molecular flexibility index (Phi) is 4.01. The molecule has 0 unspecified atom stereocenters. The highest BCUT2D eigenvalue weighted by Crippen LogP contribution is 2.30. The molecule has 0 aliphatic carbocycles. The minimum absolute atomic E-state index is 0.138. The second kappa shape index (κ2) is 6.27. The summed E-state index contributed by atoms with van der Waals surface area (Å²) in [6.07, 6.45) is 1.58. The summed E-state index contributed by atoms with van der Waals surface area (Å²) >= 11 is 0. The van der Waals surface area contributed by atoms with Crippen LogP contribution in [0.4, 0.5) is 11.4 Å². The molecule has 2 amide bonds. The molecule has 0 aliphatic heterocycles. The van der Waals surface area contributed by atoms with Crippen molar-refractivity contribution in [2.45, 2.75) is 6.92 Å². The van der Waals surface area contributed by atoms with E-state index in [-0.39, 0.29) is 11.8 Å². The van der Waals surface area contributed by atoms with Gasteiger partial charge in [-0.25, -0.2) is 0 Å². The highest BCUT2D eigenvalue weighted by atomic mass is 16.2. The summed E-state index contributed by atoms with van der Waals surface area (Å²) < 4.78 is 0. The number of aromatic nitrogens is 1. The molecule has 3 aromatic rings. The van der Waals surface area contributed by atoms with E-state index < -0.39 is 0 Å². The average molecular weight is 305 g/mol. The molecule has 1 aromatic heterocycles. The van der Waals surface area contributed by atoms with Crippen molar-refractivity contribution in [3.8, 4) is 0 Å². The van der Waals surface area contributed by atoms with Crippen LogP contribution in [0, 0.1) is 0 Å². The van der Waals surface area contributed by atoms with Gasteiger partial charge in [0.2, 0.25) is 5.91 Å². The SMILES string of the molecule is CC(=O)Nc1ccc(NC(=O)c2ccccn2)c2ccccc12. The van der Waals surface area contributed by atoms with Gasteiger partial charge < -0.3 is 10.6 Å². The third kappa shape index (κ3) is 3.18. The van der Waals surface area contributed by atoms with E-state index in [1.165, 1.54) is 6.92 Å². The van der Waals surface area contributed by atoms with E-state index in [1.54, 1.807) is 36.5 Å². The van der Waals surface area contributed by atoms with Crippen molar-refractivity contribution < 1.29 is 9.59 Å². The second-order valence-corrected chi connectivity index (χ2v) is 5.06. The van der Waals surface area contributed by atoms with Gasteiger partial charge in [-0.2, -0.15) is 0 Å². The highest BCUT2D eigenvalue weighted by molar-refractivity contribution is 6.12. The van der Waals surface area contributed by atoms with Crippen LogP contribution in [0.2, 0.25) is 0 Å². The number of anilines is 2. The topological polar surface area (TPSA) is 71.1 Å². The number of rotatable bonds is 3. The standard InChI is InChI=1S/C18H15N3O2/c1-12(22)20-15-9-10-16(14-7-3-2-6-13(14)15)21-18(23)17-8-4-5-11-19-17/h2-11H,1H3,(H,20,22)(H,21,23). The molecule has 0 spiro atoms. The zero-order valence-corrected chi connectivity index (χ0v) is 12.5. The summed E-state index contributed by atoms with van der Waals surface area (Å²) in [5, 5.41) is 7.38. The van der Waals surface area contributed by atoms with Crippen LogP contribution in [0.15, 0.2) is 60.8 Å². The Morgan fingerprint density at radius 2 is 1.43 bits per heavy atom. The fourth-order valence-electron chi connectivity index (χ4n) is 2.39. The lowest BCUT2D eigenvalue weighted by atomic mass is 10.1. The monoisotopic (exact) mass is 305 g/mol. The number of fused-ring (bicyclic) bond motifs is 1. The van der Waals surface area contributed by atoms with Gasteiger partial charge in [0.05, 0.1) is 0 Å². The molecule has 0 saturated carbocycles. The quantitative estimate of drug-likeness (QED) is 0.778. The van der Waals surface area contributed by atoms with Crippen LogP contribution in [0.25, 0.3) is 10.8 Å². The third-order valence-electron chi connectivity index (χ3n) is 3.38. The smallest absolute Gasteiger partial charge is 0.274 e. The van der Waals surface area contributed by atoms with Gasteiger partial charge >= 0.3 is 0 Å². The van der Waals surface area contributed by atoms with Crippen LogP contribution in [0.5, 0.6) is 0 Å². The maximum absolute atomic E-state index is 12.3. The molecule has 0 radical (unpaired) electrons. The number of hydrogen-bond donors (Lipinski definition) is 2. The van der Waals surface area contributed by atoms with Crippen molar-refractivity contribution in [2.75, 3.05) is 10.6 Å². The van der Waals surface area contributed by atoms with E-state index in [4.69, 9.17) is 0 Å². The molecule has 0 atom stereocenters. The summed E-state index contributed by atoms with van der Waals surface area (Å²) in [5.41, 5.74) is 1.73. The summed E-state index contributed by atoms with van der Waals surface area (Å²) in [6, 6.07) is 16.3. The maximum Gasteiger partial charge on any atom is 0.274 e. The van der Waals surface area contributed by atoms with Gasteiger partial charge in [0, 0.05) is 35.3 Å². The van der Waals surface area contributed by atoms with Crippen molar-refractivity contribution in [3.63, 3.8) is 0 Å². The van der Waals surface area contributed by atoms with Gasteiger partial charge in [-0.15, -0.1) is 0 Å². The largest absolute Gasteiger partial charge is 0.326 e. The van der Waals surface area contributed by atoms with Crippen LogP contribution >= 0.6 is 0 Å². The second-order valence-electron chi connectivity index (χ2n) is 5.06. The lowest BCUT2D eigenvalue weighted by molar-refractivity contribution is -0.114. The van der Waals surface area contributed by atoms with Crippen LogP contribution in [-0.4, -0.2) is 16.8 Å². The normalized spacial score (nSPS) is 10.3. The number of carbonyl (C=O) groups is 2. The molecular formula is C18H15N3O2. The van der Waals surface area contributed by atoms with Crippen molar-refractivity contribution in [1.82, 2.24) is 4.98 Å². The van der Waals surface area contributed by atoms with Gasteiger partial charge in [0.25, 0.3) is 5.91 Å². The highest BCUT2D eigenvalue weighted by Gasteiger charge is 2.11. The Morgan fingerprint density at radius 3 is 2.00 bits per heavy atom. The molecule has 23 heavy (non-hydrogen) atoms. The first kappa shape index (κ1) is 14.7. The van der Waals surface area contributed by atoms with Crippen LogP contribution in [0.1, 0.15) is 17.4 Å². The van der Waals surface area contributed by atoms with Crippen LogP contribution in [-0.2, 0) is 4.79 Å². The van der Waals surface area contributed by atoms with Crippen molar-refractivity contribution in [2.24, 2.45) is 0 Å². The number of carbonyl (C=O) groups excluding carboxylic acids is 2. The first-order valence-electron chi connectivity index (χ1n) is 7.17. The lowest BCUT2D eigenvalue weighted by Crippen LogP contribution is -2.14. The Morgan fingerprint density at radius 1 is 0.826 bits per heavy atom. The zero-order chi connectivity index (χ0) is 16.2. The zero-order valence-electron chi connectivity index (χ0n) is 12.5. The van der Waals surface area contributed by atoms with E-state index in [2.05, 4.69) is 15.6 Å². The molecule has 2 aromatic carbocycles. The minimum Gasteiger partial charge on any atom is -0.326 e. The number of nitrogens with zero attached hydrogens (tertiary/aromatic N) is 1. The van der Waals surface area contributed by atoms with Gasteiger partial charge in [-0.05, 0) is 24.3 Å². The van der Waals surface area contributed by atoms with E-state index in [0.29, 0.717) is 17.1 Å². The van der Waals surface area contributed by atoms with Gasteiger partial charge in [0.15, 0.2) is 0 Å². The summed E-state index contributed by atoms with van der Waals surface area (Å²) in [4.78, 5) is 27.6. The van der Waals surface area contributed by atoms with Crippen molar-refractivity contribution in [1.29, 1.82) is 0 Å². The Labute approximate surface area is 133 Å². The van der Waals surface area contributed by atoms with Gasteiger partial charge in [-0.1, -0.05) is 30.3 Å². The molecular weight excluding hydrogens is 290 g/mol. The maximum atomic E-state index is 12.3. The molecule has 0 saturated heterocycles. The van der Waals surface area contributed by atoms with Crippen molar-refractivity contribution >= 4 is 34.0 Å². The Bertz CT molecular complexity index is 876. The predicted octanol–water partition coefficient (Wildman–Crippen LogP) is 3.45. The molecule has 2 N–H and O–H groups in total. The predicted molar refractivity (Wildman–Crippen MR) is 90.4 cm³/mol. The molecule has 3 rings (SSSR count). The van der Waals surface area contributed by atoms with E-state index in [1.807, 2.05) is 24.3 Å². The summed E-state index contributed by atoms with van der Waals surface area (Å²) in [7, 11) is 0. The Hall–Kier alpha value is -3.21. The Balaban J connectivity index is 1.99. The third-order valence-corrected chi connectivity index (χ3v) is 3.38. The molecule has 0 fully saturated rings. The molecule has 5 nitrogen and oxygen atoms in total. The number of benzene rings is 2. The van der Waals surface area contributed by atoms with Gasteiger partial charge in [-0.3, -0.25) is 14.6 Å². The number of hydrogen-bond acceptors (Lipinski definition) is 3. The molecule has 0 bridgehead atoms. The molecule has 0 aliphatic rings. The van der Waals surface area contributed by atoms with Crippen LogP contribution in [0.3, 0.4) is 0 Å². The first-order valence-corrected chi connectivity index (χ1v) is 7.17. The minimum atomic E-state index is -0.275. The summed E-state index contributed by atoms with van der Waals surface area (Å²) in [6.45, 7) is 1.46. The lowest BCUT2D eigenvalue weighted by Gasteiger charge is -2.12.